The van der Waals surface area contributed by atoms with Crippen molar-refractivity contribution in [3.8, 4) is 17.0 Å². The Hall–Kier alpha value is -2.83. The van der Waals surface area contributed by atoms with Crippen molar-refractivity contribution in [2.75, 3.05) is 20.2 Å². The van der Waals surface area contributed by atoms with Crippen LogP contribution in [-0.4, -0.2) is 45.8 Å². The zero-order valence-corrected chi connectivity index (χ0v) is 19.0. The lowest BCUT2D eigenvalue weighted by atomic mass is 10.0. The fraction of sp³-hybridized carbons (Fsp3) is 0.360. The quantitative estimate of drug-likeness (QED) is 0.565. The highest BCUT2D eigenvalue weighted by atomic mass is 35.5. The lowest BCUT2D eigenvalue weighted by molar-refractivity contribution is 0.242. The number of benzene rings is 1. The number of halogens is 1. The average molecular weight is 448 g/mol. The Morgan fingerprint density at radius 3 is 2.78 bits per heavy atom. The zero-order chi connectivity index (χ0) is 21.9. The van der Waals surface area contributed by atoms with E-state index in [-0.39, 0.29) is 0 Å². The Kier molecular flexibility index (Phi) is 6.14. The van der Waals surface area contributed by atoms with E-state index in [0.717, 1.165) is 67.6 Å². The predicted molar refractivity (Wildman–Crippen MR) is 126 cm³/mol. The Labute approximate surface area is 193 Å². The molecule has 1 aromatic carbocycles. The number of pyridine rings is 1. The summed E-state index contributed by atoms with van der Waals surface area (Å²) >= 11 is 6.17. The zero-order valence-electron chi connectivity index (χ0n) is 18.2. The van der Waals surface area contributed by atoms with Gasteiger partial charge in [0.2, 0.25) is 0 Å². The van der Waals surface area contributed by atoms with E-state index in [0.29, 0.717) is 5.02 Å². The van der Waals surface area contributed by atoms with Crippen molar-refractivity contribution >= 4 is 17.3 Å². The van der Waals surface area contributed by atoms with Gasteiger partial charge in [0.15, 0.2) is 5.82 Å². The lowest BCUT2D eigenvalue weighted by Crippen LogP contribution is -2.31. The molecule has 0 fully saturated rings. The van der Waals surface area contributed by atoms with Crippen LogP contribution in [0.15, 0.2) is 47.7 Å². The Bertz CT molecular complexity index is 1150. The summed E-state index contributed by atoms with van der Waals surface area (Å²) < 4.78 is 5.46. The third kappa shape index (κ3) is 4.52. The van der Waals surface area contributed by atoms with Gasteiger partial charge in [0.05, 0.1) is 24.2 Å². The minimum Gasteiger partial charge on any atom is -0.496 e. The third-order valence-corrected chi connectivity index (χ3v) is 6.30. The second kappa shape index (κ2) is 9.35. The molecule has 5 rings (SSSR count). The molecule has 164 valence electrons. The highest BCUT2D eigenvalue weighted by molar-refractivity contribution is 6.30. The Morgan fingerprint density at radius 2 is 2.00 bits per heavy atom. The molecule has 0 unspecified atom stereocenters. The first-order chi connectivity index (χ1) is 15.7. The maximum absolute atomic E-state index is 6.17. The van der Waals surface area contributed by atoms with Gasteiger partial charge < -0.3 is 4.74 Å². The molecule has 0 amide bonds. The van der Waals surface area contributed by atoms with Crippen LogP contribution in [0, 0.1) is 0 Å². The molecule has 2 aliphatic rings. The monoisotopic (exact) mass is 447 g/mol. The molecule has 32 heavy (non-hydrogen) atoms. The van der Waals surface area contributed by atoms with Crippen LogP contribution in [0.4, 0.5) is 0 Å². The van der Waals surface area contributed by atoms with Gasteiger partial charge in [-0.05, 0) is 49.1 Å². The summed E-state index contributed by atoms with van der Waals surface area (Å²) in [6, 6.07) is 9.73. The van der Waals surface area contributed by atoms with Crippen molar-refractivity contribution in [1.29, 1.82) is 0 Å². The van der Waals surface area contributed by atoms with Gasteiger partial charge in [0, 0.05) is 61.1 Å². The number of nitrogens with zero attached hydrogens (tertiary/aromatic N) is 5. The van der Waals surface area contributed by atoms with Crippen LogP contribution in [0.3, 0.4) is 0 Å². The second-order valence-electron chi connectivity index (χ2n) is 8.31. The van der Waals surface area contributed by atoms with Crippen LogP contribution >= 0.6 is 11.6 Å². The molecule has 0 spiro atoms. The predicted octanol–water partition coefficient (Wildman–Crippen LogP) is 4.73. The fourth-order valence-corrected chi connectivity index (χ4v) is 4.52. The normalized spacial score (nSPS) is 16.4. The smallest absolute Gasteiger partial charge is 0.173 e. The molecule has 0 bridgehead atoms. The molecule has 0 aliphatic carbocycles. The minimum absolute atomic E-state index is 0.666. The molecular weight excluding hydrogens is 422 g/mol. The molecule has 0 radical (unpaired) electrons. The summed E-state index contributed by atoms with van der Waals surface area (Å²) in [7, 11) is 1.66. The maximum atomic E-state index is 6.17. The summed E-state index contributed by atoms with van der Waals surface area (Å²) in [6.45, 7) is 3.57. The van der Waals surface area contributed by atoms with E-state index in [9.17, 15) is 0 Å². The maximum Gasteiger partial charge on any atom is 0.173 e. The van der Waals surface area contributed by atoms with E-state index in [2.05, 4.69) is 25.9 Å². The average Bonchev–Trinajstić information content (AvgIpc) is 2.85. The Balaban J connectivity index is 1.27. The highest BCUT2D eigenvalue weighted by Gasteiger charge is 2.20. The topological polar surface area (TPSA) is 63.5 Å². The standard InChI is InChI=1S/C25H26ClN5O/c1-32-24-8-6-19(26)12-20(24)22-7-5-17(13-28-22)15-31-11-9-21-18(16-31)14-29-25(30-21)23-4-2-3-10-27-23/h5-8,12-14H,2-4,9-11,15-16H2,1H3. The number of aliphatic imine (C=N–C) groups is 1. The van der Waals surface area contributed by atoms with Gasteiger partial charge in [-0.1, -0.05) is 17.7 Å². The van der Waals surface area contributed by atoms with Gasteiger partial charge in [-0.15, -0.1) is 0 Å². The molecule has 2 aliphatic heterocycles. The number of methoxy groups -OCH3 is 1. The van der Waals surface area contributed by atoms with E-state index in [1.54, 1.807) is 7.11 Å². The molecule has 4 heterocycles. The summed E-state index contributed by atoms with van der Waals surface area (Å²) in [6.07, 6.45) is 8.22. The van der Waals surface area contributed by atoms with Gasteiger partial charge in [-0.25, -0.2) is 9.97 Å². The number of fused-ring (bicyclic) bond motifs is 1. The number of ether oxygens (including phenoxy) is 1. The Morgan fingerprint density at radius 1 is 1.06 bits per heavy atom. The van der Waals surface area contributed by atoms with E-state index in [1.807, 2.05) is 36.7 Å². The number of hydrogen-bond donors (Lipinski definition) is 0. The SMILES string of the molecule is COc1ccc(Cl)cc1-c1ccc(CN2CCc3nc(C4=NCCCC4)ncc3C2)cn1. The summed E-state index contributed by atoms with van der Waals surface area (Å²) in [5.41, 5.74) is 6.37. The lowest BCUT2D eigenvalue weighted by Gasteiger charge is -2.28. The largest absolute Gasteiger partial charge is 0.496 e. The summed E-state index contributed by atoms with van der Waals surface area (Å²) in [4.78, 5) is 21.2. The van der Waals surface area contributed by atoms with Crippen LogP contribution in [-0.2, 0) is 19.5 Å². The molecular formula is C25H26ClN5O. The van der Waals surface area contributed by atoms with Crippen molar-refractivity contribution in [3.05, 3.63) is 70.4 Å². The minimum atomic E-state index is 0.666. The van der Waals surface area contributed by atoms with Gasteiger partial charge >= 0.3 is 0 Å². The van der Waals surface area contributed by atoms with Gasteiger partial charge in [-0.2, -0.15) is 0 Å². The number of rotatable bonds is 5. The van der Waals surface area contributed by atoms with Crippen LogP contribution in [0.5, 0.6) is 5.75 Å². The van der Waals surface area contributed by atoms with Crippen LogP contribution in [0.25, 0.3) is 11.3 Å². The van der Waals surface area contributed by atoms with Gasteiger partial charge in [0.1, 0.15) is 5.75 Å². The first-order valence-corrected chi connectivity index (χ1v) is 11.5. The van der Waals surface area contributed by atoms with E-state index in [1.165, 1.54) is 29.7 Å². The molecule has 0 saturated carbocycles. The van der Waals surface area contributed by atoms with Crippen LogP contribution < -0.4 is 4.74 Å². The first kappa shape index (κ1) is 21.0. The van der Waals surface area contributed by atoms with E-state index in [4.69, 9.17) is 21.3 Å². The second-order valence-corrected chi connectivity index (χ2v) is 8.74. The van der Waals surface area contributed by atoms with Crippen LogP contribution in [0.1, 0.15) is 41.9 Å². The molecule has 0 saturated heterocycles. The van der Waals surface area contributed by atoms with Crippen LogP contribution in [0.2, 0.25) is 5.02 Å². The van der Waals surface area contributed by atoms with Crippen molar-refractivity contribution < 1.29 is 4.74 Å². The first-order valence-electron chi connectivity index (χ1n) is 11.1. The van der Waals surface area contributed by atoms with Crippen molar-refractivity contribution in [1.82, 2.24) is 19.9 Å². The van der Waals surface area contributed by atoms with Gasteiger partial charge in [0.25, 0.3) is 0 Å². The molecule has 3 aromatic rings. The van der Waals surface area contributed by atoms with Gasteiger partial charge in [-0.3, -0.25) is 14.9 Å². The third-order valence-electron chi connectivity index (χ3n) is 6.06. The van der Waals surface area contributed by atoms with E-state index >= 15 is 0 Å². The van der Waals surface area contributed by atoms with Crippen molar-refractivity contribution in [2.45, 2.75) is 38.8 Å². The molecule has 6 nitrogen and oxygen atoms in total. The summed E-state index contributed by atoms with van der Waals surface area (Å²) in [5.74, 6) is 1.59. The molecule has 7 heteroatoms. The molecule has 2 aromatic heterocycles. The number of hydrogen-bond acceptors (Lipinski definition) is 6. The fourth-order valence-electron chi connectivity index (χ4n) is 4.34. The van der Waals surface area contributed by atoms with Crippen molar-refractivity contribution in [3.63, 3.8) is 0 Å². The van der Waals surface area contributed by atoms with E-state index < -0.39 is 0 Å². The summed E-state index contributed by atoms with van der Waals surface area (Å²) in [5, 5.41) is 0.666. The highest BCUT2D eigenvalue weighted by Crippen LogP contribution is 2.31. The molecule has 0 N–H and O–H groups in total. The molecule has 0 atom stereocenters. The number of aromatic nitrogens is 3. The van der Waals surface area contributed by atoms with Crippen molar-refractivity contribution in [2.24, 2.45) is 4.99 Å².